The maximum atomic E-state index is 12.5. The molecule has 0 aliphatic heterocycles. The van der Waals surface area contributed by atoms with E-state index in [1.54, 1.807) is 0 Å². The second-order valence-corrected chi connectivity index (χ2v) is 6.15. The van der Waals surface area contributed by atoms with Crippen molar-refractivity contribution < 1.29 is 4.79 Å². The molecule has 0 N–H and O–H groups in total. The molecule has 110 valence electrons. The van der Waals surface area contributed by atoms with Crippen LogP contribution in [0.4, 0.5) is 0 Å². The van der Waals surface area contributed by atoms with E-state index < -0.39 is 0 Å². The minimum atomic E-state index is 0.150. The van der Waals surface area contributed by atoms with Crippen molar-refractivity contribution >= 4 is 5.78 Å². The molecule has 0 spiro atoms. The quantitative estimate of drug-likeness (QED) is 0.646. The van der Waals surface area contributed by atoms with Crippen LogP contribution >= 0.6 is 0 Å². The van der Waals surface area contributed by atoms with E-state index in [0.29, 0.717) is 5.78 Å². The largest absolute Gasteiger partial charge is 0.299 e. The van der Waals surface area contributed by atoms with Crippen molar-refractivity contribution in [3.05, 3.63) is 35.9 Å². The summed E-state index contributed by atoms with van der Waals surface area (Å²) in [5.74, 6) is 0.618. The van der Waals surface area contributed by atoms with Crippen LogP contribution in [0.1, 0.15) is 82.1 Å². The first-order valence-corrected chi connectivity index (χ1v) is 8.45. The summed E-state index contributed by atoms with van der Waals surface area (Å²) in [6.07, 6.45) is 13.4. The van der Waals surface area contributed by atoms with Gasteiger partial charge in [0.2, 0.25) is 0 Å². The third-order valence-electron chi connectivity index (χ3n) is 4.51. The summed E-state index contributed by atoms with van der Waals surface area (Å²) < 4.78 is 0. The molecule has 1 fully saturated rings. The van der Waals surface area contributed by atoms with Crippen LogP contribution in [-0.4, -0.2) is 5.78 Å². The Bertz CT molecular complexity index is 382. The summed E-state index contributed by atoms with van der Waals surface area (Å²) in [5.41, 5.74) is 1.23. The van der Waals surface area contributed by atoms with Gasteiger partial charge in [-0.15, -0.1) is 0 Å². The van der Waals surface area contributed by atoms with Crippen molar-refractivity contribution in [1.82, 2.24) is 0 Å². The van der Waals surface area contributed by atoms with Gasteiger partial charge in [-0.25, -0.2) is 0 Å². The lowest BCUT2D eigenvalue weighted by Crippen LogP contribution is -2.12. The van der Waals surface area contributed by atoms with Crippen molar-refractivity contribution in [2.24, 2.45) is 0 Å². The number of rotatable bonds is 1. The van der Waals surface area contributed by atoms with Crippen LogP contribution in [0.5, 0.6) is 0 Å². The molecule has 20 heavy (non-hydrogen) atoms. The van der Waals surface area contributed by atoms with Gasteiger partial charge in [-0.05, 0) is 18.4 Å². The summed E-state index contributed by atoms with van der Waals surface area (Å²) in [6, 6.07) is 10.4. The van der Waals surface area contributed by atoms with Crippen molar-refractivity contribution in [3.8, 4) is 0 Å². The predicted molar refractivity (Wildman–Crippen MR) is 85.0 cm³/mol. The van der Waals surface area contributed by atoms with E-state index in [9.17, 15) is 4.79 Å². The average Bonchev–Trinajstić information content (AvgIpc) is 2.50. The molecule has 0 aromatic heterocycles. The van der Waals surface area contributed by atoms with Gasteiger partial charge in [-0.3, -0.25) is 4.79 Å². The molecule has 1 atom stereocenters. The first kappa shape index (κ1) is 15.3. The first-order valence-electron chi connectivity index (χ1n) is 8.45. The molecule has 0 bridgehead atoms. The van der Waals surface area contributed by atoms with Gasteiger partial charge < -0.3 is 0 Å². The fourth-order valence-corrected chi connectivity index (χ4v) is 3.26. The van der Waals surface area contributed by atoms with Crippen LogP contribution in [0.3, 0.4) is 0 Å². The van der Waals surface area contributed by atoms with Gasteiger partial charge in [-0.2, -0.15) is 0 Å². The molecule has 1 aromatic rings. The van der Waals surface area contributed by atoms with Crippen molar-refractivity contribution in [2.45, 2.75) is 76.5 Å². The summed E-state index contributed by atoms with van der Waals surface area (Å²) >= 11 is 0. The molecule has 0 saturated heterocycles. The summed E-state index contributed by atoms with van der Waals surface area (Å²) in [4.78, 5) is 12.5. The summed E-state index contributed by atoms with van der Waals surface area (Å²) in [7, 11) is 0. The Balaban J connectivity index is 1.99. The second-order valence-electron chi connectivity index (χ2n) is 6.15. The molecule has 0 radical (unpaired) electrons. The van der Waals surface area contributed by atoms with Crippen molar-refractivity contribution in [2.75, 3.05) is 0 Å². The molecule has 1 unspecified atom stereocenters. The Morgan fingerprint density at radius 2 is 1.25 bits per heavy atom. The lowest BCUT2D eigenvalue weighted by Gasteiger charge is -2.16. The number of hydrogen-bond acceptors (Lipinski definition) is 1. The van der Waals surface area contributed by atoms with Gasteiger partial charge in [0.15, 0.2) is 0 Å². The lowest BCUT2D eigenvalue weighted by molar-refractivity contribution is -0.120. The summed E-state index contributed by atoms with van der Waals surface area (Å²) in [5, 5.41) is 0. The minimum Gasteiger partial charge on any atom is -0.299 e. The zero-order valence-electron chi connectivity index (χ0n) is 12.7. The molecule has 1 nitrogen and oxygen atoms in total. The topological polar surface area (TPSA) is 17.1 Å². The maximum Gasteiger partial charge on any atom is 0.140 e. The SMILES string of the molecule is O=C1CCCCCCCCCCCC1c1ccccc1. The highest BCUT2D eigenvalue weighted by atomic mass is 16.1. The number of benzene rings is 1. The molecule has 1 heteroatoms. The molecular formula is C19H28O. The molecule has 1 aromatic carbocycles. The second kappa shape index (κ2) is 8.94. The molecule has 0 heterocycles. The standard InChI is InChI=1S/C19H28O/c20-19-16-12-7-5-3-1-2-4-6-11-15-18(19)17-13-9-8-10-14-17/h8-10,13-14,18H,1-7,11-12,15-16H2. The number of carbonyl (C=O) groups excluding carboxylic acids is 1. The van der Waals surface area contributed by atoms with Gasteiger partial charge in [0, 0.05) is 12.3 Å². The number of carbonyl (C=O) groups is 1. The van der Waals surface area contributed by atoms with Crippen molar-refractivity contribution in [3.63, 3.8) is 0 Å². The third kappa shape index (κ3) is 5.11. The summed E-state index contributed by atoms with van der Waals surface area (Å²) in [6.45, 7) is 0. The molecule has 1 aliphatic carbocycles. The molecule has 0 amide bonds. The van der Waals surface area contributed by atoms with E-state index in [1.165, 1.54) is 56.9 Å². The fraction of sp³-hybridized carbons (Fsp3) is 0.632. The van der Waals surface area contributed by atoms with E-state index >= 15 is 0 Å². The molecular weight excluding hydrogens is 244 g/mol. The highest BCUT2D eigenvalue weighted by Gasteiger charge is 2.19. The van der Waals surface area contributed by atoms with Gasteiger partial charge in [0.1, 0.15) is 5.78 Å². The Kier molecular flexibility index (Phi) is 6.83. The zero-order valence-corrected chi connectivity index (χ0v) is 12.7. The van der Waals surface area contributed by atoms with E-state index in [-0.39, 0.29) is 5.92 Å². The van der Waals surface area contributed by atoms with Gasteiger partial charge >= 0.3 is 0 Å². The van der Waals surface area contributed by atoms with E-state index in [2.05, 4.69) is 24.3 Å². The lowest BCUT2D eigenvalue weighted by atomic mass is 9.87. The first-order chi connectivity index (χ1) is 9.88. The number of ketones is 1. The minimum absolute atomic E-state index is 0.150. The average molecular weight is 272 g/mol. The monoisotopic (exact) mass is 272 g/mol. The predicted octanol–water partition coefficient (Wildman–Crippen LogP) is 5.64. The van der Waals surface area contributed by atoms with Crippen LogP contribution < -0.4 is 0 Å². The van der Waals surface area contributed by atoms with Gasteiger partial charge in [0.05, 0.1) is 0 Å². The smallest absolute Gasteiger partial charge is 0.140 e. The van der Waals surface area contributed by atoms with Crippen LogP contribution in [0.2, 0.25) is 0 Å². The number of hydrogen-bond donors (Lipinski definition) is 0. The third-order valence-corrected chi connectivity index (χ3v) is 4.51. The van der Waals surface area contributed by atoms with Gasteiger partial charge in [0.25, 0.3) is 0 Å². The molecule has 1 saturated carbocycles. The Labute approximate surface area is 123 Å². The van der Waals surface area contributed by atoms with Crippen molar-refractivity contribution in [1.29, 1.82) is 0 Å². The Hall–Kier alpha value is -1.11. The van der Waals surface area contributed by atoms with E-state index in [1.807, 2.05) is 6.07 Å². The van der Waals surface area contributed by atoms with Gasteiger partial charge in [-0.1, -0.05) is 81.7 Å². The maximum absolute atomic E-state index is 12.5. The van der Waals surface area contributed by atoms with Crippen LogP contribution in [0, 0.1) is 0 Å². The highest BCUT2D eigenvalue weighted by Crippen LogP contribution is 2.26. The van der Waals surface area contributed by atoms with E-state index in [4.69, 9.17) is 0 Å². The highest BCUT2D eigenvalue weighted by molar-refractivity contribution is 5.85. The molecule has 1 aliphatic rings. The number of Topliss-reactive ketones (excluding diaryl/α,β-unsaturated/α-hetero) is 1. The fourth-order valence-electron chi connectivity index (χ4n) is 3.26. The Morgan fingerprint density at radius 1 is 0.700 bits per heavy atom. The van der Waals surface area contributed by atoms with Crippen LogP contribution in [0.15, 0.2) is 30.3 Å². The van der Waals surface area contributed by atoms with Crippen LogP contribution in [0.25, 0.3) is 0 Å². The molecule has 2 rings (SSSR count). The Morgan fingerprint density at radius 3 is 1.90 bits per heavy atom. The van der Waals surface area contributed by atoms with Crippen LogP contribution in [-0.2, 0) is 4.79 Å². The normalized spacial score (nSPS) is 23.4. The zero-order chi connectivity index (χ0) is 14.0. The van der Waals surface area contributed by atoms with E-state index in [0.717, 1.165) is 19.3 Å².